The highest BCUT2D eigenvalue weighted by molar-refractivity contribution is 5.87. The maximum absolute atomic E-state index is 11.1. The number of carboxylic acids is 1. The Kier molecular flexibility index (Phi) is 4.27. The van der Waals surface area contributed by atoms with Gasteiger partial charge in [0.2, 0.25) is 5.91 Å². The third-order valence-electron chi connectivity index (χ3n) is 1.99. The number of carboxylic acid groups (broad SMARTS) is 1. The zero-order valence-corrected chi connectivity index (χ0v) is 8.77. The van der Waals surface area contributed by atoms with Gasteiger partial charge in [-0.05, 0) is 17.7 Å². The van der Waals surface area contributed by atoms with Crippen LogP contribution in [-0.4, -0.2) is 17.0 Å². The van der Waals surface area contributed by atoms with E-state index in [-0.39, 0.29) is 17.9 Å². The SMILES string of the molecule is C=CCC(=O)NCc1cccc(C(=O)O)c1. The molecule has 0 aromatic heterocycles. The molecule has 1 aromatic rings. The molecule has 1 rings (SSSR count). The zero-order valence-electron chi connectivity index (χ0n) is 8.77. The van der Waals surface area contributed by atoms with Gasteiger partial charge in [-0.25, -0.2) is 4.79 Å². The quantitative estimate of drug-likeness (QED) is 0.739. The molecular formula is C12H13NO3. The fourth-order valence-corrected chi connectivity index (χ4v) is 1.22. The second kappa shape index (κ2) is 5.70. The summed E-state index contributed by atoms with van der Waals surface area (Å²) in [4.78, 5) is 21.8. The van der Waals surface area contributed by atoms with Crippen LogP contribution in [0, 0.1) is 0 Å². The van der Waals surface area contributed by atoms with Gasteiger partial charge >= 0.3 is 5.97 Å². The summed E-state index contributed by atoms with van der Waals surface area (Å²) in [7, 11) is 0. The monoisotopic (exact) mass is 219 g/mol. The normalized spacial score (nSPS) is 9.50. The molecule has 4 nitrogen and oxygen atoms in total. The van der Waals surface area contributed by atoms with Gasteiger partial charge in [-0.1, -0.05) is 18.2 Å². The van der Waals surface area contributed by atoms with Crippen LogP contribution >= 0.6 is 0 Å². The molecule has 0 unspecified atom stereocenters. The summed E-state index contributed by atoms with van der Waals surface area (Å²) in [6, 6.07) is 6.47. The van der Waals surface area contributed by atoms with E-state index in [0.717, 1.165) is 5.56 Å². The van der Waals surface area contributed by atoms with E-state index < -0.39 is 5.97 Å². The molecule has 0 heterocycles. The van der Waals surface area contributed by atoms with E-state index in [1.807, 2.05) is 0 Å². The minimum Gasteiger partial charge on any atom is -0.478 e. The lowest BCUT2D eigenvalue weighted by Crippen LogP contribution is -2.21. The lowest BCUT2D eigenvalue weighted by molar-refractivity contribution is -0.120. The molecule has 0 aliphatic rings. The first-order valence-corrected chi connectivity index (χ1v) is 4.83. The predicted molar refractivity (Wildman–Crippen MR) is 60.1 cm³/mol. The zero-order chi connectivity index (χ0) is 12.0. The van der Waals surface area contributed by atoms with E-state index in [4.69, 9.17) is 5.11 Å². The molecule has 1 aromatic carbocycles. The number of amides is 1. The first-order chi connectivity index (χ1) is 7.63. The van der Waals surface area contributed by atoms with Gasteiger partial charge in [0, 0.05) is 13.0 Å². The van der Waals surface area contributed by atoms with Gasteiger partial charge in [0.15, 0.2) is 0 Å². The van der Waals surface area contributed by atoms with E-state index in [0.29, 0.717) is 6.54 Å². The average molecular weight is 219 g/mol. The Balaban J connectivity index is 2.60. The second-order valence-electron chi connectivity index (χ2n) is 3.28. The minimum absolute atomic E-state index is 0.129. The number of carbonyl (C=O) groups is 2. The number of nitrogens with one attached hydrogen (secondary N) is 1. The lowest BCUT2D eigenvalue weighted by atomic mass is 10.1. The van der Waals surface area contributed by atoms with Crippen molar-refractivity contribution >= 4 is 11.9 Å². The molecule has 4 heteroatoms. The Morgan fingerprint density at radius 1 is 1.44 bits per heavy atom. The standard InChI is InChI=1S/C12H13NO3/c1-2-4-11(14)13-8-9-5-3-6-10(7-9)12(15)16/h2-3,5-7H,1,4,8H2,(H,13,14)(H,15,16). The van der Waals surface area contributed by atoms with Crippen LogP contribution in [0.4, 0.5) is 0 Å². The van der Waals surface area contributed by atoms with Crippen molar-refractivity contribution in [1.82, 2.24) is 5.32 Å². The van der Waals surface area contributed by atoms with E-state index in [1.165, 1.54) is 18.2 Å². The topological polar surface area (TPSA) is 66.4 Å². The van der Waals surface area contributed by atoms with Crippen molar-refractivity contribution in [3.63, 3.8) is 0 Å². The molecule has 16 heavy (non-hydrogen) atoms. The highest BCUT2D eigenvalue weighted by Gasteiger charge is 2.03. The van der Waals surface area contributed by atoms with Gasteiger partial charge < -0.3 is 10.4 Å². The molecule has 0 fully saturated rings. The summed E-state index contributed by atoms with van der Waals surface area (Å²) < 4.78 is 0. The molecule has 0 bridgehead atoms. The van der Waals surface area contributed by atoms with Crippen molar-refractivity contribution in [2.24, 2.45) is 0 Å². The predicted octanol–water partition coefficient (Wildman–Crippen LogP) is 1.58. The summed E-state index contributed by atoms with van der Waals surface area (Å²) in [6.07, 6.45) is 1.78. The Bertz CT molecular complexity index is 412. The van der Waals surface area contributed by atoms with Crippen LogP contribution in [0.15, 0.2) is 36.9 Å². The van der Waals surface area contributed by atoms with Crippen molar-refractivity contribution in [2.45, 2.75) is 13.0 Å². The molecular weight excluding hydrogens is 206 g/mol. The van der Waals surface area contributed by atoms with Gasteiger partial charge in [0.25, 0.3) is 0 Å². The van der Waals surface area contributed by atoms with E-state index in [2.05, 4.69) is 11.9 Å². The summed E-state index contributed by atoms with van der Waals surface area (Å²) in [5.41, 5.74) is 0.979. The number of hydrogen-bond donors (Lipinski definition) is 2. The average Bonchev–Trinajstić information content (AvgIpc) is 2.27. The van der Waals surface area contributed by atoms with Crippen molar-refractivity contribution in [3.05, 3.63) is 48.0 Å². The summed E-state index contributed by atoms with van der Waals surface area (Å²) in [5, 5.41) is 11.4. The fourth-order valence-electron chi connectivity index (χ4n) is 1.22. The molecule has 0 saturated carbocycles. The van der Waals surface area contributed by atoms with Crippen LogP contribution in [0.5, 0.6) is 0 Å². The number of carbonyl (C=O) groups excluding carboxylic acids is 1. The number of aromatic carboxylic acids is 1. The van der Waals surface area contributed by atoms with Gasteiger partial charge in [-0.15, -0.1) is 6.58 Å². The molecule has 0 spiro atoms. The van der Waals surface area contributed by atoms with E-state index in [1.54, 1.807) is 12.1 Å². The van der Waals surface area contributed by atoms with Crippen molar-refractivity contribution in [2.75, 3.05) is 0 Å². The number of rotatable bonds is 5. The van der Waals surface area contributed by atoms with Crippen molar-refractivity contribution in [3.8, 4) is 0 Å². The third kappa shape index (κ3) is 3.57. The number of benzene rings is 1. The van der Waals surface area contributed by atoms with Gasteiger partial charge in [0.05, 0.1) is 5.56 Å². The van der Waals surface area contributed by atoms with Crippen molar-refractivity contribution < 1.29 is 14.7 Å². The van der Waals surface area contributed by atoms with Crippen molar-refractivity contribution in [1.29, 1.82) is 0 Å². The Morgan fingerprint density at radius 2 is 2.19 bits per heavy atom. The number of hydrogen-bond acceptors (Lipinski definition) is 2. The summed E-state index contributed by atoms with van der Waals surface area (Å²) in [5.74, 6) is -1.10. The van der Waals surface area contributed by atoms with Crippen LogP contribution in [0.1, 0.15) is 22.3 Å². The van der Waals surface area contributed by atoms with Crippen LogP contribution in [-0.2, 0) is 11.3 Å². The third-order valence-corrected chi connectivity index (χ3v) is 1.99. The molecule has 84 valence electrons. The van der Waals surface area contributed by atoms with Crippen LogP contribution in [0.25, 0.3) is 0 Å². The Hall–Kier alpha value is -2.10. The van der Waals surface area contributed by atoms with Crippen LogP contribution < -0.4 is 5.32 Å². The highest BCUT2D eigenvalue weighted by atomic mass is 16.4. The maximum Gasteiger partial charge on any atom is 0.335 e. The van der Waals surface area contributed by atoms with E-state index >= 15 is 0 Å². The van der Waals surface area contributed by atoms with Crippen LogP contribution in [0.3, 0.4) is 0 Å². The summed E-state index contributed by atoms with van der Waals surface area (Å²) in [6.45, 7) is 3.78. The minimum atomic E-state index is -0.973. The molecule has 0 aliphatic carbocycles. The van der Waals surface area contributed by atoms with Gasteiger partial charge in [-0.2, -0.15) is 0 Å². The Morgan fingerprint density at radius 3 is 2.81 bits per heavy atom. The second-order valence-corrected chi connectivity index (χ2v) is 3.28. The molecule has 0 atom stereocenters. The highest BCUT2D eigenvalue weighted by Crippen LogP contribution is 2.05. The van der Waals surface area contributed by atoms with Gasteiger partial charge in [0.1, 0.15) is 0 Å². The van der Waals surface area contributed by atoms with E-state index in [9.17, 15) is 9.59 Å². The van der Waals surface area contributed by atoms with Crippen LogP contribution in [0.2, 0.25) is 0 Å². The molecule has 1 amide bonds. The molecule has 0 aliphatic heterocycles. The molecule has 2 N–H and O–H groups in total. The molecule has 0 radical (unpaired) electrons. The van der Waals surface area contributed by atoms with Gasteiger partial charge in [-0.3, -0.25) is 4.79 Å². The Labute approximate surface area is 93.6 Å². The first kappa shape index (κ1) is 12.0. The first-order valence-electron chi connectivity index (χ1n) is 4.83. The molecule has 0 saturated heterocycles. The lowest BCUT2D eigenvalue weighted by Gasteiger charge is -2.04. The summed E-state index contributed by atoms with van der Waals surface area (Å²) >= 11 is 0. The fraction of sp³-hybridized carbons (Fsp3) is 0.167. The largest absolute Gasteiger partial charge is 0.478 e. The maximum atomic E-state index is 11.1. The smallest absolute Gasteiger partial charge is 0.335 e.